The van der Waals surface area contributed by atoms with Gasteiger partial charge in [-0.2, -0.15) is 0 Å². The average molecular weight is 331 g/mol. The molecule has 2 N–H and O–H groups in total. The van der Waals surface area contributed by atoms with Crippen LogP contribution in [0.4, 0.5) is 5.69 Å². The first-order valence-corrected chi connectivity index (χ1v) is 8.66. The van der Waals surface area contributed by atoms with Crippen molar-refractivity contribution in [3.05, 3.63) is 82.4 Å². The number of phenols is 1. The Balaban J connectivity index is 1.95. The fourth-order valence-electron chi connectivity index (χ4n) is 3.45. The maximum Gasteiger partial charge on any atom is 0.128 e. The van der Waals surface area contributed by atoms with Gasteiger partial charge < -0.3 is 10.4 Å². The van der Waals surface area contributed by atoms with E-state index >= 15 is 0 Å². The monoisotopic (exact) mass is 331 g/mol. The van der Waals surface area contributed by atoms with Crippen molar-refractivity contribution in [1.29, 1.82) is 0 Å². The number of phenolic OH excluding ortho intramolecular Hbond substituents is 1. The summed E-state index contributed by atoms with van der Waals surface area (Å²) in [7, 11) is 0. The molecule has 0 aliphatic carbocycles. The maximum absolute atomic E-state index is 10.9. The first-order chi connectivity index (χ1) is 12.0. The minimum Gasteiger partial charge on any atom is -0.507 e. The molecule has 3 aromatic rings. The third-order valence-corrected chi connectivity index (χ3v) is 4.81. The molecule has 25 heavy (non-hydrogen) atoms. The van der Waals surface area contributed by atoms with Crippen molar-refractivity contribution in [2.24, 2.45) is 0 Å². The zero-order chi connectivity index (χ0) is 18.0. The first kappa shape index (κ1) is 17.1. The lowest BCUT2D eigenvalue weighted by Crippen LogP contribution is -2.03. The quantitative estimate of drug-likeness (QED) is 0.623. The molecule has 0 fully saturated rings. The second-order valence-corrected chi connectivity index (χ2v) is 6.70. The summed E-state index contributed by atoms with van der Waals surface area (Å²) in [5, 5.41) is 14.4. The summed E-state index contributed by atoms with van der Waals surface area (Å²) in [6.45, 7) is 8.97. The molecule has 0 aromatic heterocycles. The number of hydrogen-bond acceptors (Lipinski definition) is 2. The molecular formula is C23H25NO. The molecule has 0 radical (unpaired) electrons. The van der Waals surface area contributed by atoms with E-state index in [0.29, 0.717) is 12.3 Å². The van der Waals surface area contributed by atoms with Gasteiger partial charge in [0.15, 0.2) is 0 Å². The Morgan fingerprint density at radius 3 is 1.84 bits per heavy atom. The molecule has 0 bridgehead atoms. The normalized spacial score (nSPS) is 10.7. The van der Waals surface area contributed by atoms with Crippen molar-refractivity contribution >= 4 is 5.69 Å². The van der Waals surface area contributed by atoms with Crippen LogP contribution in [0, 0.1) is 27.7 Å². The Morgan fingerprint density at radius 2 is 1.24 bits per heavy atom. The van der Waals surface area contributed by atoms with Crippen LogP contribution >= 0.6 is 0 Å². The van der Waals surface area contributed by atoms with E-state index in [2.05, 4.69) is 69.4 Å². The minimum atomic E-state index is 0.360. The number of anilines is 1. The Morgan fingerprint density at radius 1 is 0.720 bits per heavy atom. The lowest BCUT2D eigenvalue weighted by Gasteiger charge is -2.16. The Hall–Kier alpha value is -2.74. The van der Waals surface area contributed by atoms with Gasteiger partial charge in [-0.15, -0.1) is 0 Å². The standard InChI is InChI=1S/C23H25NO/c1-15-8-5-9-16(2)21(15)20-13-7-12-19(23(20)25)14-24-22-17(3)10-6-11-18(22)4/h5-13,24-25H,14H2,1-4H3. The van der Waals surface area contributed by atoms with Gasteiger partial charge in [0, 0.05) is 23.4 Å². The van der Waals surface area contributed by atoms with E-state index in [4.69, 9.17) is 0 Å². The molecule has 0 unspecified atom stereocenters. The molecule has 3 rings (SSSR count). The van der Waals surface area contributed by atoms with Crippen LogP contribution < -0.4 is 5.32 Å². The van der Waals surface area contributed by atoms with Gasteiger partial charge in [0.1, 0.15) is 5.75 Å². The lowest BCUT2D eigenvalue weighted by atomic mass is 9.93. The molecule has 0 spiro atoms. The van der Waals surface area contributed by atoms with Crippen LogP contribution in [-0.2, 0) is 6.54 Å². The molecule has 3 aromatic carbocycles. The van der Waals surface area contributed by atoms with Crippen LogP contribution in [0.25, 0.3) is 11.1 Å². The molecular weight excluding hydrogens is 306 g/mol. The van der Waals surface area contributed by atoms with Crippen molar-refractivity contribution in [3.63, 3.8) is 0 Å². The van der Waals surface area contributed by atoms with Crippen LogP contribution in [0.1, 0.15) is 27.8 Å². The zero-order valence-corrected chi connectivity index (χ0v) is 15.4. The second kappa shape index (κ2) is 7.02. The third-order valence-electron chi connectivity index (χ3n) is 4.81. The topological polar surface area (TPSA) is 32.3 Å². The van der Waals surface area contributed by atoms with E-state index in [1.54, 1.807) is 0 Å². The van der Waals surface area contributed by atoms with E-state index in [1.807, 2.05) is 18.2 Å². The third kappa shape index (κ3) is 3.39. The SMILES string of the molecule is Cc1cccc(C)c1NCc1cccc(-c2c(C)cccc2C)c1O. The molecule has 0 amide bonds. The van der Waals surface area contributed by atoms with E-state index in [9.17, 15) is 5.11 Å². The fraction of sp³-hybridized carbons (Fsp3) is 0.217. The average Bonchev–Trinajstić information content (AvgIpc) is 2.57. The molecule has 0 saturated carbocycles. The molecule has 2 nitrogen and oxygen atoms in total. The number of hydrogen-bond donors (Lipinski definition) is 2. The minimum absolute atomic E-state index is 0.360. The maximum atomic E-state index is 10.9. The number of nitrogens with one attached hydrogen (secondary N) is 1. The fourth-order valence-corrected chi connectivity index (χ4v) is 3.45. The summed E-state index contributed by atoms with van der Waals surface area (Å²) in [6, 6.07) is 18.5. The number of aromatic hydroxyl groups is 1. The Bertz CT molecular complexity index is 871. The van der Waals surface area contributed by atoms with Crippen LogP contribution in [0.3, 0.4) is 0 Å². The molecule has 128 valence electrons. The largest absolute Gasteiger partial charge is 0.507 e. The number of aryl methyl sites for hydroxylation is 4. The van der Waals surface area contributed by atoms with Gasteiger partial charge in [-0.1, -0.05) is 54.6 Å². The summed E-state index contributed by atoms with van der Waals surface area (Å²) in [5.74, 6) is 0.360. The van der Waals surface area contributed by atoms with Crippen molar-refractivity contribution < 1.29 is 5.11 Å². The predicted molar refractivity (Wildman–Crippen MR) is 106 cm³/mol. The van der Waals surface area contributed by atoms with Gasteiger partial charge in [-0.3, -0.25) is 0 Å². The first-order valence-electron chi connectivity index (χ1n) is 8.66. The van der Waals surface area contributed by atoms with Gasteiger partial charge >= 0.3 is 0 Å². The summed E-state index contributed by atoms with van der Waals surface area (Å²) in [6.07, 6.45) is 0. The Labute approximate surface area is 150 Å². The molecule has 2 heteroatoms. The van der Waals surface area contributed by atoms with Crippen molar-refractivity contribution in [1.82, 2.24) is 0 Å². The smallest absolute Gasteiger partial charge is 0.128 e. The van der Waals surface area contributed by atoms with Gasteiger partial charge in [0.25, 0.3) is 0 Å². The highest BCUT2D eigenvalue weighted by molar-refractivity contribution is 5.77. The summed E-state index contributed by atoms with van der Waals surface area (Å²) < 4.78 is 0. The van der Waals surface area contributed by atoms with Crippen LogP contribution in [0.5, 0.6) is 5.75 Å². The van der Waals surface area contributed by atoms with Crippen molar-refractivity contribution in [2.75, 3.05) is 5.32 Å². The molecule has 0 aliphatic heterocycles. The van der Waals surface area contributed by atoms with Gasteiger partial charge in [-0.05, 0) is 55.5 Å². The highest BCUT2D eigenvalue weighted by Crippen LogP contribution is 2.36. The van der Waals surface area contributed by atoms with Gasteiger partial charge in [0.05, 0.1) is 0 Å². The number of rotatable bonds is 4. The van der Waals surface area contributed by atoms with Gasteiger partial charge in [0.2, 0.25) is 0 Å². The lowest BCUT2D eigenvalue weighted by molar-refractivity contribution is 0.471. The molecule has 0 saturated heterocycles. The molecule has 0 aliphatic rings. The second-order valence-electron chi connectivity index (χ2n) is 6.70. The predicted octanol–water partition coefficient (Wildman–Crippen LogP) is 5.90. The molecule has 0 heterocycles. The van der Waals surface area contributed by atoms with E-state index in [-0.39, 0.29) is 0 Å². The van der Waals surface area contributed by atoms with E-state index in [0.717, 1.165) is 22.4 Å². The molecule has 0 atom stereocenters. The number of para-hydroxylation sites is 2. The zero-order valence-electron chi connectivity index (χ0n) is 15.4. The summed E-state index contributed by atoms with van der Waals surface area (Å²) in [4.78, 5) is 0. The number of benzene rings is 3. The summed E-state index contributed by atoms with van der Waals surface area (Å²) in [5.41, 5.74) is 8.84. The van der Waals surface area contributed by atoms with Crippen molar-refractivity contribution in [2.45, 2.75) is 34.2 Å². The van der Waals surface area contributed by atoms with E-state index in [1.165, 1.54) is 22.3 Å². The van der Waals surface area contributed by atoms with Crippen LogP contribution in [0.2, 0.25) is 0 Å². The highest BCUT2D eigenvalue weighted by atomic mass is 16.3. The van der Waals surface area contributed by atoms with Crippen LogP contribution in [-0.4, -0.2) is 5.11 Å². The van der Waals surface area contributed by atoms with Crippen LogP contribution in [0.15, 0.2) is 54.6 Å². The van der Waals surface area contributed by atoms with Crippen molar-refractivity contribution in [3.8, 4) is 16.9 Å². The Kier molecular flexibility index (Phi) is 4.80. The highest BCUT2D eigenvalue weighted by Gasteiger charge is 2.13. The summed E-state index contributed by atoms with van der Waals surface area (Å²) >= 11 is 0. The van der Waals surface area contributed by atoms with Gasteiger partial charge in [-0.25, -0.2) is 0 Å². The van der Waals surface area contributed by atoms with E-state index < -0.39 is 0 Å².